The molecule has 0 radical (unpaired) electrons. The number of anilines is 1. The summed E-state index contributed by atoms with van der Waals surface area (Å²) in [6, 6.07) is 1.49. The van der Waals surface area contributed by atoms with Crippen LogP contribution in [0.2, 0.25) is 0 Å². The van der Waals surface area contributed by atoms with Crippen molar-refractivity contribution in [3.8, 4) is 0 Å². The third-order valence-electron chi connectivity index (χ3n) is 9.79. The van der Waals surface area contributed by atoms with Gasteiger partial charge in [0.05, 0.1) is 22.1 Å². The minimum absolute atomic E-state index is 0.0175. The van der Waals surface area contributed by atoms with Crippen LogP contribution >= 0.6 is 0 Å². The maximum absolute atomic E-state index is 15.3. The van der Waals surface area contributed by atoms with Gasteiger partial charge in [0.25, 0.3) is 11.8 Å². The Bertz CT molecular complexity index is 1410. The van der Waals surface area contributed by atoms with Crippen LogP contribution in [0.1, 0.15) is 72.1 Å². The SMILES string of the molecule is NC1CCN(S(=O)(=O)C2CCN(CC3CCN(c4cc5c(cc4F)C(=O)N(C4CCC(=O)NC4=O)C5=O)CC3)CC2)CC1. The molecule has 3 N–H and O–H groups in total. The first-order chi connectivity index (χ1) is 20.5. The number of hydrogen-bond acceptors (Lipinski definition) is 9. The number of fused-ring (bicyclic) bond motifs is 1. The van der Waals surface area contributed by atoms with E-state index in [1.54, 1.807) is 4.31 Å². The fourth-order valence-electron chi connectivity index (χ4n) is 7.17. The van der Waals surface area contributed by atoms with Gasteiger partial charge in [-0.2, -0.15) is 0 Å². The third-order valence-corrected chi connectivity index (χ3v) is 12.2. The van der Waals surface area contributed by atoms with E-state index in [2.05, 4.69) is 10.2 Å². The van der Waals surface area contributed by atoms with Crippen molar-refractivity contribution in [2.45, 2.75) is 68.7 Å². The second-order valence-electron chi connectivity index (χ2n) is 12.5. The van der Waals surface area contributed by atoms with E-state index in [1.807, 2.05) is 4.90 Å². The van der Waals surface area contributed by atoms with Crippen LogP contribution in [0, 0.1) is 11.7 Å². The van der Waals surface area contributed by atoms with Gasteiger partial charge in [-0.25, -0.2) is 17.1 Å². The number of benzene rings is 1. The predicted octanol–water partition coefficient (Wildman–Crippen LogP) is 0.661. The van der Waals surface area contributed by atoms with Gasteiger partial charge in [0.1, 0.15) is 11.9 Å². The maximum atomic E-state index is 15.3. The number of nitrogens with two attached hydrogens (primary N) is 1. The lowest BCUT2D eigenvalue weighted by atomic mass is 9.94. The Kier molecular flexibility index (Phi) is 8.31. The fourth-order valence-corrected chi connectivity index (χ4v) is 9.12. The molecule has 0 aromatic heterocycles. The van der Waals surface area contributed by atoms with Crippen molar-refractivity contribution < 1.29 is 32.0 Å². The Morgan fingerprint density at radius 2 is 1.47 bits per heavy atom. The number of amides is 4. The number of halogens is 1. The molecule has 4 saturated heterocycles. The zero-order valence-electron chi connectivity index (χ0n) is 24.2. The molecule has 14 heteroatoms. The van der Waals surface area contributed by atoms with Crippen molar-refractivity contribution in [3.63, 3.8) is 0 Å². The van der Waals surface area contributed by atoms with E-state index in [0.29, 0.717) is 57.8 Å². The predicted molar refractivity (Wildman–Crippen MR) is 155 cm³/mol. The van der Waals surface area contributed by atoms with Crippen LogP contribution in [0.25, 0.3) is 0 Å². The molecular weight excluding hydrogens is 579 g/mol. The van der Waals surface area contributed by atoms with Gasteiger partial charge >= 0.3 is 0 Å². The standard InChI is InChI=1S/C29H39FN6O6S/c30-23-15-21-22(29(40)36(28(21)39)24-1-2-26(37)32-27(24)38)16-25(23)34-11-3-18(4-12-34)17-33-9-7-20(8-10-33)43(41,42)35-13-5-19(31)6-14-35/h15-16,18-20,24H,1-14,17,31H2,(H,32,37,38). The second-order valence-corrected chi connectivity index (χ2v) is 14.7. The van der Waals surface area contributed by atoms with Gasteiger partial charge in [-0.3, -0.25) is 29.4 Å². The lowest BCUT2D eigenvalue weighted by Crippen LogP contribution is -2.54. The number of carbonyl (C=O) groups is 4. The number of likely N-dealkylation sites (tertiary alicyclic amines) is 1. The summed E-state index contributed by atoms with van der Waals surface area (Å²) in [7, 11) is -3.31. The number of sulfonamides is 1. The number of nitrogens with zero attached hydrogens (tertiary/aromatic N) is 4. The van der Waals surface area contributed by atoms with E-state index in [-0.39, 0.29) is 40.9 Å². The maximum Gasteiger partial charge on any atom is 0.262 e. The number of piperidine rings is 4. The number of carbonyl (C=O) groups excluding carboxylic acids is 4. The molecule has 1 aromatic rings. The van der Waals surface area contributed by atoms with Gasteiger partial charge in [0.2, 0.25) is 21.8 Å². The van der Waals surface area contributed by atoms with Gasteiger partial charge in [-0.05, 0) is 76.1 Å². The Balaban J connectivity index is 1.03. The minimum atomic E-state index is -3.31. The molecule has 0 spiro atoms. The largest absolute Gasteiger partial charge is 0.369 e. The highest BCUT2D eigenvalue weighted by atomic mass is 32.2. The molecule has 1 atom stereocenters. The highest BCUT2D eigenvalue weighted by molar-refractivity contribution is 7.89. The molecule has 0 bridgehead atoms. The number of nitrogens with one attached hydrogen (secondary N) is 1. The summed E-state index contributed by atoms with van der Waals surface area (Å²) in [5.74, 6) is -2.74. The fraction of sp³-hybridized carbons (Fsp3) is 0.655. The molecule has 12 nitrogen and oxygen atoms in total. The zero-order chi connectivity index (χ0) is 30.5. The molecule has 4 amide bonds. The molecule has 43 heavy (non-hydrogen) atoms. The molecule has 6 rings (SSSR count). The number of rotatable bonds is 6. The molecule has 5 aliphatic rings. The molecule has 0 saturated carbocycles. The molecular formula is C29H39FN6O6S. The summed E-state index contributed by atoms with van der Waals surface area (Å²) in [6.45, 7) is 4.52. The zero-order valence-corrected chi connectivity index (χ0v) is 25.0. The average molecular weight is 619 g/mol. The summed E-state index contributed by atoms with van der Waals surface area (Å²) in [4.78, 5) is 55.1. The van der Waals surface area contributed by atoms with Crippen LogP contribution in [0.5, 0.6) is 0 Å². The summed E-state index contributed by atoms with van der Waals surface area (Å²) in [5, 5.41) is 1.82. The monoisotopic (exact) mass is 618 g/mol. The molecule has 4 fully saturated rings. The summed E-state index contributed by atoms with van der Waals surface area (Å²) in [6.07, 6.45) is 4.35. The van der Waals surface area contributed by atoms with Crippen LogP contribution in [0.15, 0.2) is 12.1 Å². The topological polar surface area (TPSA) is 153 Å². The van der Waals surface area contributed by atoms with E-state index in [9.17, 15) is 27.6 Å². The van der Waals surface area contributed by atoms with Gasteiger partial charge in [-0.15, -0.1) is 0 Å². The van der Waals surface area contributed by atoms with Gasteiger partial charge in [-0.1, -0.05) is 0 Å². The first kappa shape index (κ1) is 30.1. The lowest BCUT2D eigenvalue weighted by molar-refractivity contribution is -0.136. The highest BCUT2D eigenvalue weighted by Gasteiger charge is 2.45. The van der Waals surface area contributed by atoms with Crippen molar-refractivity contribution >= 4 is 39.3 Å². The van der Waals surface area contributed by atoms with E-state index in [1.165, 1.54) is 6.07 Å². The average Bonchev–Trinajstić information content (AvgIpc) is 3.22. The number of imide groups is 2. The number of hydrogen-bond donors (Lipinski definition) is 2. The Morgan fingerprint density at radius 1 is 0.837 bits per heavy atom. The van der Waals surface area contributed by atoms with Crippen molar-refractivity contribution in [2.24, 2.45) is 11.7 Å². The van der Waals surface area contributed by atoms with Crippen LogP contribution in [-0.2, 0) is 19.6 Å². The van der Waals surface area contributed by atoms with E-state index >= 15 is 4.39 Å². The van der Waals surface area contributed by atoms with Gasteiger partial charge in [0.15, 0.2) is 0 Å². The first-order valence-electron chi connectivity index (χ1n) is 15.3. The third kappa shape index (κ3) is 5.81. The highest BCUT2D eigenvalue weighted by Crippen LogP contribution is 2.34. The summed E-state index contributed by atoms with van der Waals surface area (Å²) < 4.78 is 43.2. The Hall–Kier alpha value is -2.94. The van der Waals surface area contributed by atoms with Crippen molar-refractivity contribution in [1.82, 2.24) is 19.4 Å². The summed E-state index contributed by atoms with van der Waals surface area (Å²) >= 11 is 0. The van der Waals surface area contributed by atoms with E-state index < -0.39 is 45.5 Å². The molecule has 1 aromatic carbocycles. The van der Waals surface area contributed by atoms with Crippen LogP contribution in [0.4, 0.5) is 10.1 Å². The van der Waals surface area contributed by atoms with Crippen molar-refractivity contribution in [2.75, 3.05) is 50.7 Å². The molecule has 0 aliphatic carbocycles. The quantitative estimate of drug-likeness (QED) is 0.438. The van der Waals surface area contributed by atoms with E-state index in [0.717, 1.165) is 43.4 Å². The van der Waals surface area contributed by atoms with Crippen molar-refractivity contribution in [3.05, 3.63) is 29.1 Å². The molecule has 5 aliphatic heterocycles. The van der Waals surface area contributed by atoms with Crippen LogP contribution in [-0.4, -0.2) is 109 Å². The normalized spacial score (nSPS) is 25.9. The minimum Gasteiger partial charge on any atom is -0.369 e. The Morgan fingerprint density at radius 3 is 2.09 bits per heavy atom. The smallest absolute Gasteiger partial charge is 0.262 e. The molecule has 5 heterocycles. The molecule has 1 unspecified atom stereocenters. The second kappa shape index (κ2) is 11.9. The summed E-state index contributed by atoms with van der Waals surface area (Å²) in [5.41, 5.74) is 6.20. The first-order valence-corrected chi connectivity index (χ1v) is 16.8. The van der Waals surface area contributed by atoms with Gasteiger partial charge < -0.3 is 15.5 Å². The van der Waals surface area contributed by atoms with E-state index in [4.69, 9.17) is 5.73 Å². The van der Waals surface area contributed by atoms with Crippen molar-refractivity contribution in [1.29, 1.82) is 0 Å². The van der Waals surface area contributed by atoms with Gasteiger partial charge in [0, 0.05) is 45.2 Å². The van der Waals surface area contributed by atoms with Crippen LogP contribution in [0.3, 0.4) is 0 Å². The lowest BCUT2D eigenvalue weighted by Gasteiger charge is -2.39. The Labute approximate surface area is 250 Å². The van der Waals surface area contributed by atoms with Crippen LogP contribution < -0.4 is 16.0 Å². The molecule has 234 valence electrons.